The first-order valence-electron chi connectivity index (χ1n) is 9.34. The van der Waals surface area contributed by atoms with Gasteiger partial charge in [-0.05, 0) is 57.1 Å². The topological polar surface area (TPSA) is 16.1 Å². The molecule has 2 nitrogen and oxygen atoms in total. The van der Waals surface area contributed by atoms with E-state index in [4.69, 9.17) is 0 Å². The van der Waals surface area contributed by atoms with Gasteiger partial charge in [0.2, 0.25) is 0 Å². The molecule has 0 saturated carbocycles. The molecule has 0 unspecified atom stereocenters. The van der Waals surface area contributed by atoms with Gasteiger partial charge >= 0.3 is 0 Å². The van der Waals surface area contributed by atoms with Crippen LogP contribution in [0.2, 0.25) is 0 Å². The van der Waals surface area contributed by atoms with Crippen molar-refractivity contribution in [2.75, 3.05) is 19.6 Å². The first-order chi connectivity index (χ1) is 11.9. The zero-order valence-corrected chi connectivity index (χ0v) is 14.7. The number of nitrogens with zero attached hydrogens (tertiary/aromatic N) is 2. The Bertz CT molecular complexity index is 655. The molecule has 2 heterocycles. The molecule has 0 atom stereocenters. The molecule has 24 heavy (non-hydrogen) atoms. The molecular weight excluding hydrogens is 292 g/mol. The van der Waals surface area contributed by atoms with E-state index in [1.807, 2.05) is 36.4 Å². The SMILES string of the molecule is CCCCCN1CCCC1.c1ccc2nc3ccccc3cc2c1. The minimum Gasteiger partial charge on any atom is -0.303 e. The summed E-state index contributed by atoms with van der Waals surface area (Å²) in [5.41, 5.74) is 2.12. The molecule has 4 rings (SSSR count). The fraction of sp³-hybridized carbons (Fsp3) is 0.409. The molecule has 1 fully saturated rings. The largest absolute Gasteiger partial charge is 0.303 e. The second kappa shape index (κ2) is 8.79. The van der Waals surface area contributed by atoms with Gasteiger partial charge in [0.15, 0.2) is 0 Å². The number of likely N-dealkylation sites (tertiary alicyclic amines) is 1. The maximum atomic E-state index is 4.58. The third-order valence-electron chi connectivity index (χ3n) is 4.70. The molecule has 1 aliphatic heterocycles. The summed E-state index contributed by atoms with van der Waals surface area (Å²) < 4.78 is 0. The van der Waals surface area contributed by atoms with Crippen molar-refractivity contribution in [3.8, 4) is 0 Å². The van der Waals surface area contributed by atoms with Crippen molar-refractivity contribution in [1.29, 1.82) is 0 Å². The molecule has 2 aromatic carbocycles. The van der Waals surface area contributed by atoms with E-state index in [0.717, 1.165) is 11.0 Å². The van der Waals surface area contributed by atoms with Crippen LogP contribution in [-0.2, 0) is 0 Å². The van der Waals surface area contributed by atoms with Gasteiger partial charge in [-0.3, -0.25) is 0 Å². The molecule has 0 aliphatic carbocycles. The van der Waals surface area contributed by atoms with Crippen LogP contribution in [0.4, 0.5) is 0 Å². The molecule has 1 aromatic heterocycles. The molecule has 0 spiro atoms. The fourth-order valence-electron chi connectivity index (χ4n) is 3.31. The van der Waals surface area contributed by atoms with Crippen molar-refractivity contribution in [1.82, 2.24) is 9.88 Å². The lowest BCUT2D eigenvalue weighted by Gasteiger charge is -2.12. The molecule has 0 N–H and O–H groups in total. The van der Waals surface area contributed by atoms with E-state index in [-0.39, 0.29) is 0 Å². The van der Waals surface area contributed by atoms with Gasteiger partial charge < -0.3 is 4.90 Å². The molecule has 0 radical (unpaired) electrons. The summed E-state index contributed by atoms with van der Waals surface area (Å²) in [5.74, 6) is 0. The molecule has 126 valence electrons. The van der Waals surface area contributed by atoms with Crippen LogP contribution in [0.25, 0.3) is 21.8 Å². The number of fused-ring (bicyclic) bond motifs is 2. The summed E-state index contributed by atoms with van der Waals surface area (Å²) in [5, 5.41) is 2.40. The molecule has 0 bridgehead atoms. The summed E-state index contributed by atoms with van der Waals surface area (Å²) in [7, 11) is 0. The first kappa shape index (κ1) is 16.9. The van der Waals surface area contributed by atoms with E-state index in [1.165, 1.54) is 62.5 Å². The van der Waals surface area contributed by atoms with Gasteiger partial charge in [-0.25, -0.2) is 4.98 Å². The number of aromatic nitrogens is 1. The average Bonchev–Trinajstić information content (AvgIpc) is 3.14. The van der Waals surface area contributed by atoms with Crippen LogP contribution in [0.3, 0.4) is 0 Å². The minimum absolute atomic E-state index is 1.06. The van der Waals surface area contributed by atoms with Crippen molar-refractivity contribution >= 4 is 21.8 Å². The van der Waals surface area contributed by atoms with Crippen LogP contribution in [0.15, 0.2) is 54.6 Å². The highest BCUT2D eigenvalue weighted by Crippen LogP contribution is 2.18. The molecule has 1 aliphatic rings. The van der Waals surface area contributed by atoms with Gasteiger partial charge in [0.1, 0.15) is 0 Å². The smallest absolute Gasteiger partial charge is 0.0709 e. The van der Waals surface area contributed by atoms with Crippen molar-refractivity contribution in [2.45, 2.75) is 39.0 Å². The Labute approximate surface area is 145 Å². The Kier molecular flexibility index (Phi) is 6.20. The molecule has 0 amide bonds. The van der Waals surface area contributed by atoms with Crippen LogP contribution in [0.1, 0.15) is 39.0 Å². The first-order valence-corrected chi connectivity index (χ1v) is 9.34. The van der Waals surface area contributed by atoms with Crippen LogP contribution in [0, 0.1) is 0 Å². The number of hydrogen-bond donors (Lipinski definition) is 0. The summed E-state index contributed by atoms with van der Waals surface area (Å²) in [6.07, 6.45) is 7.05. The number of benzene rings is 2. The number of rotatable bonds is 4. The van der Waals surface area contributed by atoms with Crippen LogP contribution >= 0.6 is 0 Å². The van der Waals surface area contributed by atoms with Crippen molar-refractivity contribution in [3.05, 3.63) is 54.6 Å². The Balaban J connectivity index is 0.000000150. The lowest BCUT2D eigenvalue weighted by molar-refractivity contribution is 0.329. The summed E-state index contributed by atoms with van der Waals surface area (Å²) in [6.45, 7) is 6.35. The summed E-state index contributed by atoms with van der Waals surface area (Å²) in [4.78, 5) is 7.17. The molecule has 2 heteroatoms. The van der Waals surface area contributed by atoms with E-state index in [1.54, 1.807) is 0 Å². The van der Waals surface area contributed by atoms with Crippen molar-refractivity contribution < 1.29 is 0 Å². The Hall–Kier alpha value is -1.93. The number of unbranched alkanes of at least 4 members (excludes halogenated alkanes) is 2. The van der Waals surface area contributed by atoms with E-state index in [0.29, 0.717) is 0 Å². The Morgan fingerprint density at radius 1 is 0.833 bits per heavy atom. The zero-order valence-electron chi connectivity index (χ0n) is 14.7. The molecular formula is C22H28N2. The third kappa shape index (κ3) is 4.55. The average molecular weight is 320 g/mol. The predicted octanol–water partition coefficient (Wildman–Crippen LogP) is 5.66. The highest BCUT2D eigenvalue weighted by atomic mass is 15.1. The zero-order chi connectivity index (χ0) is 16.6. The number of para-hydroxylation sites is 2. The summed E-state index contributed by atoms with van der Waals surface area (Å²) in [6, 6.07) is 18.6. The highest BCUT2D eigenvalue weighted by molar-refractivity contribution is 5.92. The maximum Gasteiger partial charge on any atom is 0.0709 e. The van der Waals surface area contributed by atoms with Crippen LogP contribution < -0.4 is 0 Å². The van der Waals surface area contributed by atoms with Crippen molar-refractivity contribution in [2.24, 2.45) is 0 Å². The Morgan fingerprint density at radius 3 is 2.00 bits per heavy atom. The van der Waals surface area contributed by atoms with Gasteiger partial charge in [-0.15, -0.1) is 0 Å². The van der Waals surface area contributed by atoms with E-state index in [9.17, 15) is 0 Å². The minimum atomic E-state index is 1.06. The second-order valence-electron chi connectivity index (χ2n) is 6.63. The van der Waals surface area contributed by atoms with Gasteiger partial charge in [0.05, 0.1) is 11.0 Å². The lowest BCUT2D eigenvalue weighted by Crippen LogP contribution is -2.20. The van der Waals surface area contributed by atoms with Crippen LogP contribution in [-0.4, -0.2) is 29.5 Å². The molecule has 1 saturated heterocycles. The van der Waals surface area contributed by atoms with Crippen LogP contribution in [0.5, 0.6) is 0 Å². The van der Waals surface area contributed by atoms with Gasteiger partial charge in [-0.2, -0.15) is 0 Å². The predicted molar refractivity (Wildman–Crippen MR) is 104 cm³/mol. The molecule has 3 aromatic rings. The number of hydrogen-bond acceptors (Lipinski definition) is 2. The van der Waals surface area contributed by atoms with Crippen molar-refractivity contribution in [3.63, 3.8) is 0 Å². The van der Waals surface area contributed by atoms with E-state index < -0.39 is 0 Å². The highest BCUT2D eigenvalue weighted by Gasteiger charge is 2.09. The maximum absolute atomic E-state index is 4.58. The quantitative estimate of drug-likeness (QED) is 0.455. The standard InChI is InChI=1S/C13H9N.C9H19N/c1-3-7-12-10(5-1)9-11-6-2-4-8-13(11)14-12;1-2-3-4-7-10-8-5-6-9-10/h1-9H;2-9H2,1H3. The summed E-state index contributed by atoms with van der Waals surface area (Å²) >= 11 is 0. The normalized spacial score (nSPS) is 14.7. The lowest BCUT2D eigenvalue weighted by atomic mass is 10.1. The van der Waals surface area contributed by atoms with E-state index >= 15 is 0 Å². The van der Waals surface area contributed by atoms with Gasteiger partial charge in [-0.1, -0.05) is 56.2 Å². The van der Waals surface area contributed by atoms with Gasteiger partial charge in [0.25, 0.3) is 0 Å². The monoisotopic (exact) mass is 320 g/mol. The second-order valence-corrected chi connectivity index (χ2v) is 6.63. The number of pyridine rings is 1. The van der Waals surface area contributed by atoms with E-state index in [2.05, 4.69) is 35.0 Å². The van der Waals surface area contributed by atoms with Gasteiger partial charge in [0, 0.05) is 10.8 Å². The fourth-order valence-corrected chi connectivity index (χ4v) is 3.31. The third-order valence-corrected chi connectivity index (χ3v) is 4.70. The Morgan fingerprint density at radius 2 is 1.42 bits per heavy atom.